The third-order valence-corrected chi connectivity index (χ3v) is 3.33. The van der Waals surface area contributed by atoms with Crippen LogP contribution in [0, 0.1) is 0 Å². The fourth-order valence-electron chi connectivity index (χ4n) is 1.17. The van der Waals surface area contributed by atoms with Crippen molar-refractivity contribution in [1.82, 2.24) is 9.71 Å². The summed E-state index contributed by atoms with van der Waals surface area (Å²) in [5.41, 5.74) is 5.68. The minimum absolute atomic E-state index is 0.0689. The molecule has 0 atom stereocenters. The molecule has 0 saturated heterocycles. The van der Waals surface area contributed by atoms with Gasteiger partial charge in [0.1, 0.15) is 0 Å². The van der Waals surface area contributed by atoms with Crippen molar-refractivity contribution in [1.29, 1.82) is 0 Å². The molecule has 17 heavy (non-hydrogen) atoms. The summed E-state index contributed by atoms with van der Waals surface area (Å²) in [5.74, 6) is 0. The Balaban J connectivity index is 2.61. The van der Waals surface area contributed by atoms with E-state index in [1.165, 1.54) is 12.3 Å². The monoisotopic (exact) mass is 259 g/mol. The molecular formula is C10H17N3O3S. The number of nitrogen functional groups attached to an aromatic ring is 1. The van der Waals surface area contributed by atoms with Gasteiger partial charge in [-0.25, -0.2) is 18.1 Å². The molecule has 0 amide bonds. The lowest BCUT2D eigenvalue weighted by Gasteiger charge is -2.09. The Bertz CT molecular complexity index is 460. The molecule has 0 unspecified atom stereocenters. The van der Waals surface area contributed by atoms with Gasteiger partial charge < -0.3 is 10.5 Å². The van der Waals surface area contributed by atoms with Gasteiger partial charge in [0.2, 0.25) is 0 Å². The summed E-state index contributed by atoms with van der Waals surface area (Å²) in [5, 5.41) is -0.149. The van der Waals surface area contributed by atoms with E-state index >= 15 is 0 Å². The summed E-state index contributed by atoms with van der Waals surface area (Å²) >= 11 is 0. The topological polar surface area (TPSA) is 94.3 Å². The number of ether oxygens (including phenoxy) is 1. The maximum Gasteiger partial charge on any atom is 0.260 e. The smallest absolute Gasteiger partial charge is 0.260 e. The lowest BCUT2D eigenvalue weighted by molar-refractivity contribution is 0.0834. The Labute approximate surface area is 101 Å². The number of hydrogen-bond acceptors (Lipinski definition) is 5. The van der Waals surface area contributed by atoms with Gasteiger partial charge in [0.15, 0.2) is 5.03 Å². The molecule has 0 bridgehead atoms. The van der Waals surface area contributed by atoms with Gasteiger partial charge in [-0.15, -0.1) is 0 Å². The third kappa shape index (κ3) is 4.29. The van der Waals surface area contributed by atoms with Crippen LogP contribution in [0.3, 0.4) is 0 Å². The second-order valence-corrected chi connectivity index (χ2v) is 5.40. The number of sulfonamides is 1. The molecule has 0 spiro atoms. The van der Waals surface area contributed by atoms with E-state index in [2.05, 4.69) is 9.71 Å². The highest BCUT2D eigenvalue weighted by molar-refractivity contribution is 7.89. The molecule has 96 valence electrons. The molecule has 1 rings (SSSR count). The number of nitrogens with one attached hydrogen (secondary N) is 1. The van der Waals surface area contributed by atoms with E-state index in [-0.39, 0.29) is 23.4 Å². The molecule has 6 nitrogen and oxygen atoms in total. The standard InChI is InChI=1S/C10H17N3O3S/c1-8(2)16-7-6-13-17(14,15)10-9(11)4-3-5-12-10/h3-5,8,13H,6-7,11H2,1-2H3. The predicted molar refractivity (Wildman–Crippen MR) is 64.9 cm³/mol. The molecule has 7 heteroatoms. The molecule has 1 heterocycles. The van der Waals surface area contributed by atoms with Crippen LogP contribution >= 0.6 is 0 Å². The second kappa shape index (κ2) is 5.95. The number of rotatable bonds is 6. The van der Waals surface area contributed by atoms with Crippen LogP contribution in [0.1, 0.15) is 13.8 Å². The van der Waals surface area contributed by atoms with Crippen molar-refractivity contribution in [3.05, 3.63) is 18.3 Å². The molecule has 1 aromatic rings. The normalized spacial score (nSPS) is 11.9. The minimum atomic E-state index is -3.66. The van der Waals surface area contributed by atoms with Gasteiger partial charge in [-0.3, -0.25) is 0 Å². The molecule has 3 N–H and O–H groups in total. The first-order valence-corrected chi connectivity index (χ1v) is 6.73. The van der Waals surface area contributed by atoms with Crippen LogP contribution in [-0.2, 0) is 14.8 Å². The van der Waals surface area contributed by atoms with E-state index in [9.17, 15) is 8.42 Å². The van der Waals surface area contributed by atoms with Crippen LogP contribution in [0.4, 0.5) is 5.69 Å². The highest BCUT2D eigenvalue weighted by Gasteiger charge is 2.17. The van der Waals surface area contributed by atoms with Crippen molar-refractivity contribution < 1.29 is 13.2 Å². The fourth-order valence-corrected chi connectivity index (χ4v) is 2.23. The number of hydrogen-bond donors (Lipinski definition) is 2. The Hall–Kier alpha value is -1.18. The highest BCUT2D eigenvalue weighted by atomic mass is 32.2. The predicted octanol–water partition coefficient (Wildman–Crippen LogP) is 0.367. The number of anilines is 1. The van der Waals surface area contributed by atoms with Crippen molar-refractivity contribution in [2.24, 2.45) is 0 Å². The lowest BCUT2D eigenvalue weighted by Crippen LogP contribution is -2.29. The van der Waals surface area contributed by atoms with Gasteiger partial charge in [-0.05, 0) is 26.0 Å². The SMILES string of the molecule is CC(C)OCCNS(=O)(=O)c1ncccc1N. The maximum absolute atomic E-state index is 11.8. The lowest BCUT2D eigenvalue weighted by atomic mass is 10.4. The molecule has 0 aliphatic carbocycles. The van der Waals surface area contributed by atoms with E-state index in [0.717, 1.165) is 0 Å². The zero-order valence-corrected chi connectivity index (χ0v) is 10.7. The third-order valence-electron chi connectivity index (χ3n) is 1.90. The van der Waals surface area contributed by atoms with E-state index in [1.54, 1.807) is 6.07 Å². The summed E-state index contributed by atoms with van der Waals surface area (Å²) in [6.45, 7) is 4.26. The van der Waals surface area contributed by atoms with Gasteiger partial charge in [-0.2, -0.15) is 0 Å². The summed E-state index contributed by atoms with van der Waals surface area (Å²) in [6, 6.07) is 3.07. The molecule has 1 aromatic heterocycles. The average molecular weight is 259 g/mol. The van der Waals surface area contributed by atoms with E-state index in [0.29, 0.717) is 6.61 Å². The molecule has 0 saturated carbocycles. The van der Waals surface area contributed by atoms with Crippen LogP contribution in [0.25, 0.3) is 0 Å². The zero-order valence-electron chi connectivity index (χ0n) is 9.88. The number of nitrogens with zero attached hydrogens (tertiary/aromatic N) is 1. The largest absolute Gasteiger partial charge is 0.396 e. The Morgan fingerprint density at radius 1 is 1.53 bits per heavy atom. The van der Waals surface area contributed by atoms with Crippen LogP contribution in [0.5, 0.6) is 0 Å². The quantitative estimate of drug-likeness (QED) is 0.720. The van der Waals surface area contributed by atoms with Crippen LogP contribution in [0.15, 0.2) is 23.4 Å². The first-order chi connectivity index (χ1) is 7.93. The van der Waals surface area contributed by atoms with Crippen molar-refractivity contribution in [2.75, 3.05) is 18.9 Å². The van der Waals surface area contributed by atoms with Crippen molar-refractivity contribution >= 4 is 15.7 Å². The zero-order chi connectivity index (χ0) is 12.9. The van der Waals surface area contributed by atoms with Gasteiger partial charge in [-0.1, -0.05) is 0 Å². The van der Waals surface area contributed by atoms with Crippen molar-refractivity contribution in [3.63, 3.8) is 0 Å². The van der Waals surface area contributed by atoms with Crippen LogP contribution in [0.2, 0.25) is 0 Å². The summed E-state index contributed by atoms with van der Waals surface area (Å²) in [7, 11) is -3.66. The van der Waals surface area contributed by atoms with Gasteiger partial charge >= 0.3 is 0 Å². The molecular weight excluding hydrogens is 242 g/mol. The highest BCUT2D eigenvalue weighted by Crippen LogP contribution is 2.12. The van der Waals surface area contributed by atoms with E-state index in [4.69, 9.17) is 10.5 Å². The second-order valence-electron chi connectivity index (χ2n) is 3.72. The molecule has 0 fully saturated rings. The van der Waals surface area contributed by atoms with Crippen molar-refractivity contribution in [2.45, 2.75) is 25.0 Å². The van der Waals surface area contributed by atoms with Gasteiger partial charge in [0.25, 0.3) is 10.0 Å². The first kappa shape index (κ1) is 13.9. The first-order valence-electron chi connectivity index (χ1n) is 5.25. The van der Waals surface area contributed by atoms with Gasteiger partial charge in [0, 0.05) is 12.7 Å². The maximum atomic E-state index is 11.8. The summed E-state index contributed by atoms with van der Waals surface area (Å²) in [6.07, 6.45) is 1.45. The molecule has 0 aromatic carbocycles. The minimum Gasteiger partial charge on any atom is -0.396 e. The molecule has 0 aliphatic heterocycles. The number of aromatic nitrogens is 1. The molecule has 0 radical (unpaired) electrons. The Morgan fingerprint density at radius 2 is 2.24 bits per heavy atom. The van der Waals surface area contributed by atoms with E-state index in [1.807, 2.05) is 13.8 Å². The number of pyridine rings is 1. The Kier molecular flexibility index (Phi) is 4.86. The van der Waals surface area contributed by atoms with Gasteiger partial charge in [0.05, 0.1) is 18.4 Å². The Morgan fingerprint density at radius 3 is 2.82 bits per heavy atom. The number of nitrogens with two attached hydrogens (primary N) is 1. The van der Waals surface area contributed by atoms with Crippen LogP contribution < -0.4 is 10.5 Å². The fraction of sp³-hybridized carbons (Fsp3) is 0.500. The average Bonchev–Trinajstić information content (AvgIpc) is 2.24. The molecule has 0 aliphatic rings. The van der Waals surface area contributed by atoms with Crippen LogP contribution in [-0.4, -0.2) is 32.7 Å². The summed E-state index contributed by atoms with van der Waals surface area (Å²) < 4.78 is 31.2. The summed E-state index contributed by atoms with van der Waals surface area (Å²) in [4.78, 5) is 3.75. The van der Waals surface area contributed by atoms with Crippen molar-refractivity contribution in [3.8, 4) is 0 Å². The van der Waals surface area contributed by atoms with E-state index < -0.39 is 10.0 Å².